The summed E-state index contributed by atoms with van der Waals surface area (Å²) < 4.78 is 0. The Morgan fingerprint density at radius 1 is 1.19 bits per heavy atom. The van der Waals surface area contributed by atoms with E-state index in [2.05, 4.69) is 39.0 Å². The number of benzene rings is 1. The maximum atomic E-state index is 9.60. The Hall–Kier alpha value is -0.820. The van der Waals surface area contributed by atoms with E-state index in [1.807, 2.05) is 0 Å². The number of rotatable bonds is 4. The zero-order valence-corrected chi connectivity index (χ0v) is 10.6. The average molecular weight is 218 g/mol. The lowest BCUT2D eigenvalue weighted by atomic mass is 9.79. The van der Waals surface area contributed by atoms with Crippen LogP contribution < -0.4 is 0 Å². The highest BCUT2D eigenvalue weighted by Crippen LogP contribution is 2.47. The van der Waals surface area contributed by atoms with Crippen molar-refractivity contribution < 1.29 is 5.11 Å². The van der Waals surface area contributed by atoms with Crippen LogP contribution in [-0.2, 0) is 6.42 Å². The molecule has 1 atom stereocenters. The van der Waals surface area contributed by atoms with Gasteiger partial charge in [-0.05, 0) is 50.0 Å². The second kappa shape index (κ2) is 4.21. The van der Waals surface area contributed by atoms with Crippen LogP contribution in [0.2, 0.25) is 0 Å². The van der Waals surface area contributed by atoms with Gasteiger partial charge in [-0.2, -0.15) is 0 Å². The molecule has 0 radical (unpaired) electrons. The molecule has 1 aromatic rings. The normalized spacial score (nSPS) is 19.5. The van der Waals surface area contributed by atoms with Crippen molar-refractivity contribution in [2.45, 2.75) is 40.0 Å². The van der Waals surface area contributed by atoms with Gasteiger partial charge in [-0.15, -0.1) is 0 Å². The summed E-state index contributed by atoms with van der Waals surface area (Å²) in [6.07, 6.45) is 3.60. The van der Waals surface area contributed by atoms with Gasteiger partial charge < -0.3 is 5.11 Å². The van der Waals surface area contributed by atoms with Gasteiger partial charge in [0, 0.05) is 6.61 Å². The highest BCUT2D eigenvalue weighted by molar-refractivity contribution is 5.29. The van der Waals surface area contributed by atoms with Crippen molar-refractivity contribution in [1.82, 2.24) is 0 Å². The number of aryl methyl sites for hydroxylation is 2. The van der Waals surface area contributed by atoms with E-state index in [1.165, 1.54) is 29.5 Å². The second-order valence-corrected chi connectivity index (χ2v) is 5.76. The third kappa shape index (κ3) is 2.46. The standard InChI is InChI=1S/C15H22O/c1-11-6-12(2)8-13(7-11)9-15(3,10-16)14-4-5-14/h6-8,14,16H,4-5,9-10H2,1-3H3. The molecule has 0 spiro atoms. The zero-order valence-electron chi connectivity index (χ0n) is 10.6. The molecule has 1 unspecified atom stereocenters. The molecule has 0 bridgehead atoms. The van der Waals surface area contributed by atoms with E-state index in [-0.39, 0.29) is 5.41 Å². The maximum Gasteiger partial charge on any atom is 0.0490 e. The number of aliphatic hydroxyl groups is 1. The van der Waals surface area contributed by atoms with Crippen molar-refractivity contribution in [3.05, 3.63) is 34.9 Å². The van der Waals surface area contributed by atoms with Gasteiger partial charge in [0.2, 0.25) is 0 Å². The van der Waals surface area contributed by atoms with E-state index in [9.17, 15) is 5.11 Å². The molecule has 2 rings (SSSR count). The van der Waals surface area contributed by atoms with Crippen LogP contribution in [0.4, 0.5) is 0 Å². The fourth-order valence-corrected chi connectivity index (χ4v) is 2.75. The number of aliphatic hydroxyl groups excluding tert-OH is 1. The molecule has 1 N–H and O–H groups in total. The van der Waals surface area contributed by atoms with Crippen LogP contribution in [0.3, 0.4) is 0 Å². The molecule has 1 nitrogen and oxygen atoms in total. The summed E-state index contributed by atoms with van der Waals surface area (Å²) >= 11 is 0. The van der Waals surface area contributed by atoms with E-state index in [4.69, 9.17) is 0 Å². The minimum Gasteiger partial charge on any atom is -0.396 e. The molecule has 1 aromatic carbocycles. The van der Waals surface area contributed by atoms with Gasteiger partial charge in [0.25, 0.3) is 0 Å². The van der Waals surface area contributed by atoms with Crippen molar-refractivity contribution in [1.29, 1.82) is 0 Å². The first kappa shape index (κ1) is 11.7. The third-order valence-corrected chi connectivity index (χ3v) is 3.81. The Bertz CT molecular complexity index is 359. The van der Waals surface area contributed by atoms with E-state index >= 15 is 0 Å². The summed E-state index contributed by atoms with van der Waals surface area (Å²) in [5.41, 5.74) is 4.12. The van der Waals surface area contributed by atoms with Crippen LogP contribution in [0, 0.1) is 25.2 Å². The smallest absolute Gasteiger partial charge is 0.0490 e. The molecule has 0 heterocycles. The van der Waals surface area contributed by atoms with Crippen LogP contribution in [0.15, 0.2) is 18.2 Å². The summed E-state index contributed by atoms with van der Waals surface area (Å²) in [4.78, 5) is 0. The van der Waals surface area contributed by atoms with Gasteiger partial charge in [0.1, 0.15) is 0 Å². The highest BCUT2D eigenvalue weighted by Gasteiger charge is 2.40. The Labute approximate surface area is 98.5 Å². The molecule has 0 aromatic heterocycles. The quantitative estimate of drug-likeness (QED) is 0.822. The van der Waals surface area contributed by atoms with Crippen molar-refractivity contribution in [2.24, 2.45) is 11.3 Å². The lowest BCUT2D eigenvalue weighted by Crippen LogP contribution is -2.26. The first-order valence-electron chi connectivity index (χ1n) is 6.21. The number of hydrogen-bond acceptors (Lipinski definition) is 1. The fourth-order valence-electron chi connectivity index (χ4n) is 2.75. The second-order valence-electron chi connectivity index (χ2n) is 5.76. The monoisotopic (exact) mass is 218 g/mol. The molecule has 1 aliphatic carbocycles. The van der Waals surface area contributed by atoms with E-state index in [0.717, 1.165) is 12.3 Å². The Balaban J connectivity index is 2.18. The number of hydrogen-bond donors (Lipinski definition) is 1. The molecule has 88 valence electrons. The largest absolute Gasteiger partial charge is 0.396 e. The van der Waals surface area contributed by atoms with E-state index in [1.54, 1.807) is 0 Å². The van der Waals surface area contributed by atoms with Crippen molar-refractivity contribution in [3.8, 4) is 0 Å². The Morgan fingerprint density at radius 3 is 2.19 bits per heavy atom. The molecule has 1 heteroatoms. The zero-order chi connectivity index (χ0) is 11.8. The van der Waals surface area contributed by atoms with Gasteiger partial charge in [0.15, 0.2) is 0 Å². The van der Waals surface area contributed by atoms with Gasteiger partial charge >= 0.3 is 0 Å². The van der Waals surface area contributed by atoms with Crippen LogP contribution in [0.1, 0.15) is 36.5 Å². The minimum absolute atomic E-state index is 0.0975. The van der Waals surface area contributed by atoms with Crippen LogP contribution >= 0.6 is 0 Å². The Morgan fingerprint density at radius 2 is 1.75 bits per heavy atom. The van der Waals surface area contributed by atoms with Crippen LogP contribution in [0.25, 0.3) is 0 Å². The van der Waals surface area contributed by atoms with Crippen molar-refractivity contribution in [2.75, 3.05) is 6.61 Å². The summed E-state index contributed by atoms with van der Waals surface area (Å²) in [5, 5.41) is 9.60. The maximum absolute atomic E-state index is 9.60. The molecule has 0 saturated heterocycles. The van der Waals surface area contributed by atoms with Gasteiger partial charge in [0.05, 0.1) is 0 Å². The molecule has 1 saturated carbocycles. The van der Waals surface area contributed by atoms with Crippen LogP contribution in [0.5, 0.6) is 0 Å². The summed E-state index contributed by atoms with van der Waals surface area (Å²) in [5.74, 6) is 0.735. The SMILES string of the molecule is Cc1cc(C)cc(CC(C)(CO)C2CC2)c1. The lowest BCUT2D eigenvalue weighted by Gasteiger charge is -2.27. The topological polar surface area (TPSA) is 20.2 Å². The summed E-state index contributed by atoms with van der Waals surface area (Å²) in [6.45, 7) is 6.82. The summed E-state index contributed by atoms with van der Waals surface area (Å²) in [6, 6.07) is 6.71. The first-order chi connectivity index (χ1) is 7.53. The molecular weight excluding hydrogens is 196 g/mol. The van der Waals surface area contributed by atoms with Gasteiger partial charge in [-0.25, -0.2) is 0 Å². The average Bonchev–Trinajstić information content (AvgIpc) is 2.98. The fraction of sp³-hybridized carbons (Fsp3) is 0.600. The molecular formula is C15H22O. The third-order valence-electron chi connectivity index (χ3n) is 3.81. The predicted molar refractivity (Wildman–Crippen MR) is 67.5 cm³/mol. The van der Waals surface area contributed by atoms with Gasteiger partial charge in [-0.1, -0.05) is 36.2 Å². The van der Waals surface area contributed by atoms with Crippen molar-refractivity contribution in [3.63, 3.8) is 0 Å². The molecule has 0 aliphatic heterocycles. The van der Waals surface area contributed by atoms with Crippen molar-refractivity contribution >= 4 is 0 Å². The Kier molecular flexibility index (Phi) is 3.07. The van der Waals surface area contributed by atoms with E-state index in [0.29, 0.717) is 6.61 Å². The minimum atomic E-state index is 0.0975. The lowest BCUT2D eigenvalue weighted by molar-refractivity contribution is 0.119. The van der Waals surface area contributed by atoms with Gasteiger partial charge in [-0.3, -0.25) is 0 Å². The molecule has 1 fully saturated rings. The highest BCUT2D eigenvalue weighted by atomic mass is 16.3. The molecule has 1 aliphatic rings. The first-order valence-corrected chi connectivity index (χ1v) is 6.21. The predicted octanol–water partition coefficient (Wildman–Crippen LogP) is 3.25. The molecule has 0 amide bonds. The van der Waals surface area contributed by atoms with E-state index < -0.39 is 0 Å². The van der Waals surface area contributed by atoms with Crippen LogP contribution in [-0.4, -0.2) is 11.7 Å². The summed E-state index contributed by atoms with van der Waals surface area (Å²) in [7, 11) is 0. The molecule has 16 heavy (non-hydrogen) atoms.